The van der Waals surface area contributed by atoms with Crippen LogP contribution in [0.25, 0.3) is 0 Å². The Balaban J connectivity index is 3.11. The molecule has 1 rings (SSSR count). The molecule has 0 atom stereocenters. The molecule has 18 heavy (non-hydrogen) atoms. The van der Waals surface area contributed by atoms with Gasteiger partial charge in [0, 0.05) is 18.2 Å². The summed E-state index contributed by atoms with van der Waals surface area (Å²) in [7, 11) is -3.63. The number of hydrogen-bond acceptors (Lipinski definition) is 3. The molecule has 0 saturated carbocycles. The van der Waals surface area contributed by atoms with Crippen LogP contribution in [0.5, 0.6) is 5.75 Å². The Morgan fingerprint density at radius 1 is 1.33 bits per heavy atom. The van der Waals surface area contributed by atoms with Gasteiger partial charge in [-0.3, -0.25) is 4.31 Å². The predicted molar refractivity (Wildman–Crippen MR) is 72.9 cm³/mol. The second-order valence-corrected chi connectivity index (χ2v) is 6.64. The van der Waals surface area contributed by atoms with E-state index in [2.05, 4.69) is 4.72 Å². The Morgan fingerprint density at radius 3 is 2.39 bits per heavy atom. The molecule has 0 spiro atoms. The maximum absolute atomic E-state index is 12.2. The zero-order valence-corrected chi connectivity index (χ0v) is 12.0. The molecule has 0 aliphatic heterocycles. The number of nitrogens with zero attached hydrogens (tertiary/aromatic N) is 1. The first-order chi connectivity index (χ1) is 8.15. The molecule has 0 aromatic heterocycles. The fraction of sp³-hybridized carbons (Fsp3) is 0.500. The molecule has 0 radical (unpaired) electrons. The zero-order valence-electron chi connectivity index (χ0n) is 11.1. The van der Waals surface area contributed by atoms with Gasteiger partial charge in [0.05, 0.1) is 5.69 Å². The fourth-order valence-electron chi connectivity index (χ4n) is 1.58. The molecule has 5 nitrogen and oxygen atoms in total. The summed E-state index contributed by atoms with van der Waals surface area (Å²) in [5, 5.41) is 9.41. The van der Waals surface area contributed by atoms with Crippen molar-refractivity contribution in [3.63, 3.8) is 0 Å². The van der Waals surface area contributed by atoms with E-state index in [-0.39, 0.29) is 12.3 Å². The van der Waals surface area contributed by atoms with Gasteiger partial charge in [0.2, 0.25) is 0 Å². The average Bonchev–Trinajstić information content (AvgIpc) is 2.13. The number of rotatable bonds is 4. The third kappa shape index (κ3) is 3.89. The van der Waals surface area contributed by atoms with Gasteiger partial charge in [-0.05, 0) is 39.8 Å². The van der Waals surface area contributed by atoms with Gasteiger partial charge >= 0.3 is 10.2 Å². The van der Waals surface area contributed by atoms with Crippen molar-refractivity contribution in [3.05, 3.63) is 24.3 Å². The quantitative estimate of drug-likeness (QED) is 0.879. The van der Waals surface area contributed by atoms with E-state index in [1.54, 1.807) is 39.8 Å². The summed E-state index contributed by atoms with van der Waals surface area (Å²) >= 11 is 0. The Kier molecular flexibility index (Phi) is 4.24. The summed E-state index contributed by atoms with van der Waals surface area (Å²) in [6.45, 7) is 7.36. The Hall–Kier alpha value is -1.27. The lowest BCUT2D eigenvalue weighted by Crippen LogP contribution is -2.49. The largest absolute Gasteiger partial charge is 0.508 e. The van der Waals surface area contributed by atoms with Crippen LogP contribution in [0.2, 0.25) is 0 Å². The van der Waals surface area contributed by atoms with Crippen molar-refractivity contribution >= 4 is 15.9 Å². The molecular formula is C12H20N2O3S. The van der Waals surface area contributed by atoms with E-state index in [1.165, 1.54) is 16.4 Å². The highest BCUT2D eigenvalue weighted by molar-refractivity contribution is 7.90. The normalized spacial score (nSPS) is 12.4. The van der Waals surface area contributed by atoms with E-state index in [0.29, 0.717) is 5.69 Å². The molecule has 0 amide bonds. The highest BCUT2D eigenvalue weighted by Gasteiger charge is 2.26. The zero-order chi connectivity index (χ0) is 14.0. The summed E-state index contributed by atoms with van der Waals surface area (Å²) in [6, 6.07) is 6.18. The van der Waals surface area contributed by atoms with Gasteiger partial charge in [-0.15, -0.1) is 0 Å². The topological polar surface area (TPSA) is 69.6 Å². The summed E-state index contributed by atoms with van der Waals surface area (Å²) in [6.07, 6.45) is 0. The minimum absolute atomic E-state index is 0.0388. The molecular weight excluding hydrogens is 252 g/mol. The Labute approximate surface area is 109 Å². The van der Waals surface area contributed by atoms with Crippen LogP contribution in [0, 0.1) is 0 Å². The minimum Gasteiger partial charge on any atom is -0.508 e. The van der Waals surface area contributed by atoms with Crippen LogP contribution in [0.1, 0.15) is 27.7 Å². The number of hydrogen-bond donors (Lipinski definition) is 2. The van der Waals surface area contributed by atoms with Crippen LogP contribution < -0.4 is 9.03 Å². The lowest BCUT2D eigenvalue weighted by molar-refractivity contribution is 0.475. The van der Waals surface area contributed by atoms with E-state index in [1.807, 2.05) is 0 Å². The second kappa shape index (κ2) is 5.16. The van der Waals surface area contributed by atoms with Gasteiger partial charge in [-0.2, -0.15) is 13.1 Å². The van der Waals surface area contributed by atoms with Gasteiger partial charge in [-0.25, -0.2) is 0 Å². The molecule has 0 saturated heterocycles. The molecule has 0 unspecified atom stereocenters. The summed E-state index contributed by atoms with van der Waals surface area (Å²) in [5.74, 6) is 0.0388. The van der Waals surface area contributed by atoms with Crippen molar-refractivity contribution in [2.45, 2.75) is 33.2 Å². The van der Waals surface area contributed by atoms with Gasteiger partial charge in [0.1, 0.15) is 5.75 Å². The molecule has 0 heterocycles. The molecule has 2 N–H and O–H groups in total. The van der Waals surface area contributed by atoms with Gasteiger partial charge in [0.25, 0.3) is 0 Å². The average molecular weight is 272 g/mol. The minimum atomic E-state index is -3.63. The molecule has 102 valence electrons. The molecule has 1 aromatic carbocycles. The first-order valence-corrected chi connectivity index (χ1v) is 7.20. The number of aromatic hydroxyl groups is 1. The van der Waals surface area contributed by atoms with Crippen LogP contribution in [0.15, 0.2) is 24.3 Å². The highest BCUT2D eigenvalue weighted by atomic mass is 32.2. The van der Waals surface area contributed by atoms with Crippen molar-refractivity contribution < 1.29 is 13.5 Å². The van der Waals surface area contributed by atoms with Crippen molar-refractivity contribution in [2.75, 3.05) is 10.8 Å². The van der Waals surface area contributed by atoms with Crippen LogP contribution in [-0.4, -0.2) is 25.6 Å². The maximum atomic E-state index is 12.2. The predicted octanol–water partition coefficient (Wildman–Crippen LogP) is 1.85. The van der Waals surface area contributed by atoms with Gasteiger partial charge in [0.15, 0.2) is 0 Å². The molecule has 0 bridgehead atoms. The lowest BCUT2D eigenvalue weighted by Gasteiger charge is -2.28. The second-order valence-electron chi connectivity index (χ2n) is 5.04. The van der Waals surface area contributed by atoms with E-state index < -0.39 is 15.7 Å². The number of anilines is 1. The van der Waals surface area contributed by atoms with E-state index in [0.717, 1.165) is 0 Å². The number of benzene rings is 1. The summed E-state index contributed by atoms with van der Waals surface area (Å²) in [5.41, 5.74) is -0.113. The number of phenolic OH excluding ortho intramolecular Hbond substituents is 1. The van der Waals surface area contributed by atoms with Crippen molar-refractivity contribution in [1.29, 1.82) is 0 Å². The third-order valence-corrected chi connectivity index (χ3v) is 4.05. The van der Waals surface area contributed by atoms with Crippen molar-refractivity contribution in [3.8, 4) is 5.75 Å². The van der Waals surface area contributed by atoms with Crippen LogP contribution in [-0.2, 0) is 10.2 Å². The van der Waals surface area contributed by atoms with Crippen molar-refractivity contribution in [2.24, 2.45) is 0 Å². The van der Waals surface area contributed by atoms with E-state index >= 15 is 0 Å². The standard InChI is InChI=1S/C12H20N2O3S/c1-5-14(10-7-6-8-11(15)9-10)18(16,17)13-12(2,3)4/h6-9,13,15H,5H2,1-4H3. The van der Waals surface area contributed by atoms with Gasteiger partial charge in [-0.1, -0.05) is 6.07 Å². The monoisotopic (exact) mass is 272 g/mol. The first kappa shape index (κ1) is 14.8. The van der Waals surface area contributed by atoms with Gasteiger partial charge < -0.3 is 5.11 Å². The van der Waals surface area contributed by atoms with Crippen LogP contribution in [0.4, 0.5) is 5.69 Å². The lowest BCUT2D eigenvalue weighted by atomic mass is 10.1. The van der Waals surface area contributed by atoms with Crippen LogP contribution in [0.3, 0.4) is 0 Å². The Morgan fingerprint density at radius 2 is 1.94 bits per heavy atom. The third-order valence-electron chi connectivity index (χ3n) is 2.13. The molecule has 6 heteroatoms. The Bertz CT molecular complexity index is 506. The van der Waals surface area contributed by atoms with Crippen LogP contribution >= 0.6 is 0 Å². The molecule has 1 aromatic rings. The number of nitrogens with one attached hydrogen (secondary N) is 1. The van der Waals surface area contributed by atoms with E-state index in [4.69, 9.17) is 0 Å². The molecule has 0 fully saturated rings. The summed E-state index contributed by atoms with van der Waals surface area (Å²) in [4.78, 5) is 0. The smallest absolute Gasteiger partial charge is 0.302 e. The highest BCUT2D eigenvalue weighted by Crippen LogP contribution is 2.22. The van der Waals surface area contributed by atoms with E-state index in [9.17, 15) is 13.5 Å². The molecule has 0 aliphatic carbocycles. The maximum Gasteiger partial charge on any atom is 0.302 e. The fourth-order valence-corrected chi connectivity index (χ4v) is 3.20. The van der Waals surface area contributed by atoms with Crippen molar-refractivity contribution in [1.82, 2.24) is 4.72 Å². The first-order valence-electron chi connectivity index (χ1n) is 5.76. The SMILES string of the molecule is CCN(c1cccc(O)c1)S(=O)(=O)NC(C)(C)C. The number of phenols is 1. The summed E-state index contributed by atoms with van der Waals surface area (Å²) < 4.78 is 28.2. The molecule has 0 aliphatic rings.